The van der Waals surface area contributed by atoms with Crippen LogP contribution in [0.25, 0.3) is 22.3 Å². The van der Waals surface area contributed by atoms with Gasteiger partial charge in [-0.3, -0.25) is 9.36 Å². The number of carbonyl (C=O) groups is 1. The Hall–Kier alpha value is -3.33. The highest BCUT2D eigenvalue weighted by atomic mass is 32.1. The summed E-state index contributed by atoms with van der Waals surface area (Å²) in [6.07, 6.45) is 5.03. The summed E-state index contributed by atoms with van der Waals surface area (Å²) in [7, 11) is 0. The maximum Gasteiger partial charge on any atom is 0.338 e. The summed E-state index contributed by atoms with van der Waals surface area (Å²) < 4.78 is 12.3. The minimum Gasteiger partial charge on any atom is -0.452 e. The topological polar surface area (TPSA) is 100 Å². The van der Waals surface area contributed by atoms with Crippen LogP contribution < -0.4 is 5.56 Å². The van der Waals surface area contributed by atoms with Crippen molar-refractivity contribution in [2.24, 2.45) is 0 Å². The molecule has 0 N–H and O–H groups in total. The molecule has 0 fully saturated rings. The van der Waals surface area contributed by atoms with Crippen molar-refractivity contribution >= 4 is 28.2 Å². The average molecular weight is 436 g/mol. The van der Waals surface area contributed by atoms with E-state index in [2.05, 4.69) is 15.1 Å². The number of hydrogen-bond acceptors (Lipinski definition) is 8. The molecule has 31 heavy (non-hydrogen) atoms. The van der Waals surface area contributed by atoms with E-state index in [1.807, 2.05) is 16.8 Å². The van der Waals surface area contributed by atoms with Crippen molar-refractivity contribution in [2.45, 2.75) is 45.3 Å². The molecule has 1 aromatic carbocycles. The van der Waals surface area contributed by atoms with Crippen LogP contribution in [0.2, 0.25) is 0 Å². The lowest BCUT2D eigenvalue weighted by Gasteiger charge is -2.16. The first-order valence-corrected chi connectivity index (χ1v) is 11.2. The lowest BCUT2D eigenvalue weighted by Crippen LogP contribution is -2.26. The number of hydrogen-bond donors (Lipinski definition) is 0. The Bertz CT molecular complexity index is 1290. The van der Waals surface area contributed by atoms with Gasteiger partial charge in [0.25, 0.3) is 11.4 Å². The molecule has 0 amide bonds. The molecule has 1 aliphatic rings. The summed E-state index contributed by atoms with van der Waals surface area (Å²) in [6.45, 7) is 0.562. The first-order chi connectivity index (χ1) is 15.2. The molecule has 4 heterocycles. The van der Waals surface area contributed by atoms with E-state index in [0.29, 0.717) is 28.8 Å². The Balaban J connectivity index is 1.35. The lowest BCUT2D eigenvalue weighted by molar-refractivity contribution is 0.0430. The zero-order valence-electron chi connectivity index (χ0n) is 16.7. The van der Waals surface area contributed by atoms with Crippen molar-refractivity contribution in [1.29, 1.82) is 0 Å². The van der Waals surface area contributed by atoms with Gasteiger partial charge in [0.05, 0.1) is 16.5 Å². The number of aryl methyl sites for hydroxylation is 1. The van der Waals surface area contributed by atoms with Gasteiger partial charge in [0, 0.05) is 23.9 Å². The van der Waals surface area contributed by atoms with E-state index in [9.17, 15) is 9.59 Å². The van der Waals surface area contributed by atoms with Gasteiger partial charge >= 0.3 is 5.97 Å². The quantitative estimate of drug-likeness (QED) is 0.446. The SMILES string of the molecule is O=C(OCc1nc(-c2ccsc2)no1)c1ccc2c(=O)n3c(nc2c1)CCCCCC3. The zero-order chi connectivity index (χ0) is 21.2. The van der Waals surface area contributed by atoms with E-state index >= 15 is 0 Å². The number of rotatable bonds is 4. The van der Waals surface area contributed by atoms with E-state index in [1.165, 1.54) is 11.3 Å². The molecule has 5 rings (SSSR count). The standard InChI is InChI=1S/C22H20N4O4S/c27-21-16-7-6-14(11-17(16)23-18-5-3-1-2-4-9-26(18)21)22(28)29-12-19-24-20(25-30-19)15-8-10-31-13-15/h6-8,10-11,13H,1-5,9,12H2. The number of fused-ring (bicyclic) bond motifs is 2. The number of benzene rings is 1. The van der Waals surface area contributed by atoms with Crippen molar-refractivity contribution in [3.63, 3.8) is 0 Å². The molecule has 0 aliphatic carbocycles. The summed E-state index contributed by atoms with van der Waals surface area (Å²) in [6, 6.07) is 6.74. The van der Waals surface area contributed by atoms with Crippen molar-refractivity contribution < 1.29 is 14.1 Å². The largest absolute Gasteiger partial charge is 0.452 e. The Morgan fingerprint density at radius 1 is 1.16 bits per heavy atom. The van der Waals surface area contributed by atoms with Crippen molar-refractivity contribution in [3.8, 4) is 11.4 Å². The highest BCUT2D eigenvalue weighted by Crippen LogP contribution is 2.20. The van der Waals surface area contributed by atoms with Crippen LogP contribution in [0.5, 0.6) is 0 Å². The fourth-order valence-electron chi connectivity index (χ4n) is 3.76. The van der Waals surface area contributed by atoms with Crippen LogP contribution in [0.3, 0.4) is 0 Å². The van der Waals surface area contributed by atoms with E-state index < -0.39 is 5.97 Å². The van der Waals surface area contributed by atoms with Gasteiger partial charge in [-0.15, -0.1) is 0 Å². The average Bonchev–Trinajstić information content (AvgIpc) is 3.45. The molecule has 0 atom stereocenters. The van der Waals surface area contributed by atoms with E-state index in [0.717, 1.165) is 43.5 Å². The Morgan fingerprint density at radius 2 is 2.06 bits per heavy atom. The number of nitrogens with zero attached hydrogens (tertiary/aromatic N) is 4. The normalized spacial score (nSPS) is 14.1. The second-order valence-corrected chi connectivity index (χ2v) is 8.26. The summed E-state index contributed by atoms with van der Waals surface area (Å²) >= 11 is 1.53. The molecular formula is C22H20N4O4S. The number of aromatic nitrogens is 4. The van der Waals surface area contributed by atoms with Gasteiger partial charge in [0.1, 0.15) is 5.82 Å². The van der Waals surface area contributed by atoms with Gasteiger partial charge in [-0.05, 0) is 42.5 Å². The van der Waals surface area contributed by atoms with Crippen LogP contribution >= 0.6 is 11.3 Å². The Morgan fingerprint density at radius 3 is 2.94 bits per heavy atom. The predicted octanol–water partition coefficient (Wildman–Crippen LogP) is 3.98. The van der Waals surface area contributed by atoms with Crippen LogP contribution in [0.15, 0.2) is 44.3 Å². The molecule has 4 aromatic rings. The predicted molar refractivity (Wildman–Crippen MR) is 115 cm³/mol. The van der Waals surface area contributed by atoms with Crippen LogP contribution in [-0.4, -0.2) is 25.7 Å². The Labute approximate surface area is 181 Å². The van der Waals surface area contributed by atoms with Crippen LogP contribution in [0.4, 0.5) is 0 Å². The maximum atomic E-state index is 12.9. The Kier molecular flexibility index (Phi) is 5.33. The molecule has 0 saturated heterocycles. The van der Waals surface area contributed by atoms with Gasteiger partial charge in [0.15, 0.2) is 6.61 Å². The molecule has 9 heteroatoms. The molecular weight excluding hydrogens is 416 g/mol. The maximum absolute atomic E-state index is 12.9. The number of esters is 1. The molecule has 0 radical (unpaired) electrons. The fraction of sp³-hybridized carbons (Fsp3) is 0.318. The van der Waals surface area contributed by atoms with E-state index in [-0.39, 0.29) is 18.1 Å². The van der Waals surface area contributed by atoms with Crippen molar-refractivity contribution in [2.75, 3.05) is 0 Å². The van der Waals surface area contributed by atoms with Gasteiger partial charge in [-0.25, -0.2) is 9.78 Å². The number of carbonyl (C=O) groups excluding carboxylic acids is 1. The third kappa shape index (κ3) is 4.00. The van der Waals surface area contributed by atoms with E-state index in [1.54, 1.807) is 22.8 Å². The summed E-state index contributed by atoms with van der Waals surface area (Å²) in [4.78, 5) is 34.4. The van der Waals surface area contributed by atoms with Crippen LogP contribution in [0.1, 0.15) is 47.8 Å². The smallest absolute Gasteiger partial charge is 0.338 e. The van der Waals surface area contributed by atoms with Gasteiger partial charge in [0.2, 0.25) is 5.82 Å². The molecule has 0 spiro atoms. The van der Waals surface area contributed by atoms with Gasteiger partial charge < -0.3 is 9.26 Å². The first kappa shape index (κ1) is 19.6. The number of ether oxygens (including phenoxy) is 1. The van der Waals surface area contributed by atoms with Gasteiger partial charge in [-0.1, -0.05) is 18.0 Å². The zero-order valence-corrected chi connectivity index (χ0v) is 17.6. The van der Waals surface area contributed by atoms with Crippen LogP contribution in [-0.2, 0) is 24.3 Å². The second-order valence-electron chi connectivity index (χ2n) is 7.48. The third-order valence-corrected chi connectivity index (χ3v) is 6.06. The molecule has 158 valence electrons. The summed E-state index contributed by atoms with van der Waals surface area (Å²) in [5.41, 5.74) is 1.65. The molecule has 8 nitrogen and oxygen atoms in total. The summed E-state index contributed by atoms with van der Waals surface area (Å²) in [5, 5.41) is 8.24. The van der Waals surface area contributed by atoms with Crippen molar-refractivity contribution in [1.82, 2.24) is 19.7 Å². The third-order valence-electron chi connectivity index (χ3n) is 5.38. The van der Waals surface area contributed by atoms with Crippen LogP contribution in [0, 0.1) is 0 Å². The molecule has 1 aliphatic heterocycles. The van der Waals surface area contributed by atoms with Crippen molar-refractivity contribution in [3.05, 3.63) is 62.7 Å². The van der Waals surface area contributed by atoms with E-state index in [4.69, 9.17) is 9.26 Å². The fourth-order valence-corrected chi connectivity index (χ4v) is 4.39. The minimum atomic E-state index is -0.536. The highest BCUT2D eigenvalue weighted by molar-refractivity contribution is 7.08. The summed E-state index contributed by atoms with van der Waals surface area (Å²) in [5.74, 6) is 0.924. The second kappa shape index (κ2) is 8.43. The monoisotopic (exact) mass is 436 g/mol. The molecule has 0 unspecified atom stereocenters. The number of thiophene rings is 1. The minimum absolute atomic E-state index is 0.0476. The lowest BCUT2D eigenvalue weighted by atomic mass is 10.1. The first-order valence-electron chi connectivity index (χ1n) is 10.2. The highest BCUT2D eigenvalue weighted by Gasteiger charge is 2.17. The molecule has 3 aromatic heterocycles. The van der Waals surface area contributed by atoms with Gasteiger partial charge in [-0.2, -0.15) is 16.3 Å². The molecule has 0 saturated carbocycles. The molecule has 0 bridgehead atoms.